The summed E-state index contributed by atoms with van der Waals surface area (Å²) in [6.07, 6.45) is 0. The number of hydrogen-bond donors (Lipinski definition) is 1. The fourth-order valence-corrected chi connectivity index (χ4v) is 3.28. The van der Waals surface area contributed by atoms with Crippen LogP contribution in [0.4, 0.5) is 9.39 Å². The van der Waals surface area contributed by atoms with Gasteiger partial charge >= 0.3 is 5.97 Å². The average Bonchev–Trinajstić information content (AvgIpc) is 2.83. The molecule has 2 rings (SSSR count). The summed E-state index contributed by atoms with van der Waals surface area (Å²) in [7, 11) is 0. The molecule has 5 nitrogen and oxygen atoms in total. The Morgan fingerprint density at radius 3 is 2.68 bits per heavy atom. The number of esters is 1. The van der Waals surface area contributed by atoms with Crippen molar-refractivity contribution in [2.75, 3.05) is 18.5 Å². The van der Waals surface area contributed by atoms with E-state index in [1.165, 1.54) is 23.5 Å². The van der Waals surface area contributed by atoms with E-state index in [-0.39, 0.29) is 24.0 Å². The molecule has 8 heteroatoms. The maximum Gasteiger partial charge on any atom is 0.341 e. The van der Waals surface area contributed by atoms with Crippen LogP contribution in [0.1, 0.15) is 27.7 Å². The Hall–Kier alpha value is -2.12. The number of nitrogens with one attached hydrogen (secondary N) is 1. The van der Waals surface area contributed by atoms with Gasteiger partial charge in [0.15, 0.2) is 6.61 Å². The predicted molar refractivity (Wildman–Crippen MR) is 95.3 cm³/mol. The second-order valence-corrected chi connectivity index (χ2v) is 6.75. The van der Waals surface area contributed by atoms with Crippen molar-refractivity contribution in [2.45, 2.75) is 20.8 Å². The molecule has 0 atom stereocenters. The van der Waals surface area contributed by atoms with Gasteiger partial charge in [0.2, 0.25) is 0 Å². The van der Waals surface area contributed by atoms with Crippen molar-refractivity contribution in [3.05, 3.63) is 45.0 Å². The molecule has 1 heterocycles. The number of rotatable bonds is 6. The molecule has 0 aliphatic rings. The van der Waals surface area contributed by atoms with Crippen LogP contribution in [0.25, 0.3) is 0 Å². The molecule has 1 aromatic carbocycles. The molecule has 0 saturated heterocycles. The molecule has 25 heavy (non-hydrogen) atoms. The molecule has 2 aromatic rings. The zero-order valence-corrected chi connectivity index (χ0v) is 15.5. The minimum atomic E-state index is -0.568. The van der Waals surface area contributed by atoms with Gasteiger partial charge in [-0.05, 0) is 38.5 Å². The summed E-state index contributed by atoms with van der Waals surface area (Å²) in [5.74, 6) is -1.23. The minimum Gasteiger partial charge on any atom is -0.484 e. The Kier molecular flexibility index (Phi) is 6.39. The summed E-state index contributed by atoms with van der Waals surface area (Å²) in [6.45, 7) is 5.31. The maximum atomic E-state index is 13.1. The number of amides is 1. The van der Waals surface area contributed by atoms with Crippen LogP contribution in [-0.4, -0.2) is 25.1 Å². The van der Waals surface area contributed by atoms with Crippen molar-refractivity contribution in [1.82, 2.24) is 0 Å². The van der Waals surface area contributed by atoms with E-state index in [4.69, 9.17) is 21.1 Å². The lowest BCUT2D eigenvalue weighted by molar-refractivity contribution is -0.118. The van der Waals surface area contributed by atoms with E-state index in [2.05, 4.69) is 5.32 Å². The fraction of sp³-hybridized carbons (Fsp3) is 0.294. The minimum absolute atomic E-state index is 0.0907. The first-order chi connectivity index (χ1) is 11.8. The summed E-state index contributed by atoms with van der Waals surface area (Å²) in [5, 5.41) is 2.98. The molecule has 0 spiro atoms. The van der Waals surface area contributed by atoms with Crippen LogP contribution in [0.2, 0.25) is 5.02 Å². The molecule has 0 aliphatic carbocycles. The zero-order chi connectivity index (χ0) is 18.6. The maximum absolute atomic E-state index is 13.1. The van der Waals surface area contributed by atoms with Crippen LogP contribution in [0, 0.1) is 19.7 Å². The number of anilines is 1. The highest BCUT2D eigenvalue weighted by Crippen LogP contribution is 2.33. The van der Waals surface area contributed by atoms with Crippen LogP contribution >= 0.6 is 22.9 Å². The van der Waals surface area contributed by atoms with E-state index in [1.807, 2.05) is 6.92 Å². The van der Waals surface area contributed by atoms with E-state index in [0.717, 1.165) is 16.5 Å². The Bertz CT molecular complexity index is 806. The van der Waals surface area contributed by atoms with Crippen LogP contribution < -0.4 is 10.1 Å². The summed E-state index contributed by atoms with van der Waals surface area (Å²) in [5.41, 5.74) is 1.12. The lowest BCUT2D eigenvalue weighted by Gasteiger charge is -2.09. The van der Waals surface area contributed by atoms with Crippen molar-refractivity contribution in [2.24, 2.45) is 0 Å². The molecule has 1 amide bonds. The van der Waals surface area contributed by atoms with Gasteiger partial charge in [-0.2, -0.15) is 0 Å². The zero-order valence-electron chi connectivity index (χ0n) is 13.9. The van der Waals surface area contributed by atoms with Gasteiger partial charge < -0.3 is 14.8 Å². The van der Waals surface area contributed by atoms with Crippen molar-refractivity contribution in [3.63, 3.8) is 0 Å². The SMILES string of the molecule is CCOC(=O)c1c(NC(=O)COc2ccc(F)c(Cl)c2)sc(C)c1C. The smallest absolute Gasteiger partial charge is 0.341 e. The number of benzene rings is 1. The van der Waals surface area contributed by atoms with Gasteiger partial charge in [-0.25, -0.2) is 9.18 Å². The van der Waals surface area contributed by atoms with Gasteiger partial charge in [0.1, 0.15) is 16.6 Å². The first-order valence-corrected chi connectivity index (χ1v) is 8.67. The Balaban J connectivity index is 2.06. The van der Waals surface area contributed by atoms with Crippen LogP contribution in [0.5, 0.6) is 5.75 Å². The number of hydrogen-bond acceptors (Lipinski definition) is 5. The van der Waals surface area contributed by atoms with E-state index >= 15 is 0 Å². The van der Waals surface area contributed by atoms with Gasteiger partial charge in [-0.1, -0.05) is 11.6 Å². The third-order valence-corrected chi connectivity index (χ3v) is 4.79. The van der Waals surface area contributed by atoms with Gasteiger partial charge in [0, 0.05) is 10.9 Å². The highest BCUT2D eigenvalue weighted by Gasteiger charge is 2.22. The van der Waals surface area contributed by atoms with Crippen molar-refractivity contribution >= 4 is 39.8 Å². The summed E-state index contributed by atoms with van der Waals surface area (Å²) >= 11 is 6.95. The van der Waals surface area contributed by atoms with E-state index in [0.29, 0.717) is 10.6 Å². The number of ether oxygens (including phenoxy) is 2. The van der Waals surface area contributed by atoms with E-state index < -0.39 is 17.7 Å². The van der Waals surface area contributed by atoms with Gasteiger partial charge in [0.25, 0.3) is 5.91 Å². The van der Waals surface area contributed by atoms with Crippen molar-refractivity contribution in [1.29, 1.82) is 0 Å². The number of thiophene rings is 1. The standard InChI is InChI=1S/C17H17ClFNO4S/c1-4-23-17(22)15-9(2)10(3)25-16(15)20-14(21)8-24-11-5-6-13(19)12(18)7-11/h5-7H,4,8H2,1-3H3,(H,20,21). The summed E-state index contributed by atoms with van der Waals surface area (Å²) in [6, 6.07) is 3.81. The van der Waals surface area contributed by atoms with Crippen LogP contribution in [0.15, 0.2) is 18.2 Å². The molecule has 134 valence electrons. The first kappa shape index (κ1) is 19.2. The van der Waals surface area contributed by atoms with Gasteiger partial charge in [-0.15, -0.1) is 11.3 Å². The normalized spacial score (nSPS) is 10.4. The molecule has 0 fully saturated rings. The molecule has 1 aromatic heterocycles. The molecular weight excluding hydrogens is 369 g/mol. The molecule has 0 aliphatic heterocycles. The molecule has 0 radical (unpaired) electrons. The fourth-order valence-electron chi connectivity index (χ4n) is 2.04. The monoisotopic (exact) mass is 385 g/mol. The number of carbonyl (C=O) groups is 2. The van der Waals surface area contributed by atoms with E-state index in [1.54, 1.807) is 13.8 Å². The van der Waals surface area contributed by atoms with E-state index in [9.17, 15) is 14.0 Å². The summed E-state index contributed by atoms with van der Waals surface area (Å²) < 4.78 is 23.4. The Morgan fingerprint density at radius 2 is 2.04 bits per heavy atom. The topological polar surface area (TPSA) is 64.6 Å². The van der Waals surface area contributed by atoms with Crippen molar-refractivity contribution in [3.8, 4) is 5.75 Å². The van der Waals surface area contributed by atoms with Crippen LogP contribution in [-0.2, 0) is 9.53 Å². The molecule has 1 N–H and O–H groups in total. The molecule has 0 bridgehead atoms. The lowest BCUT2D eigenvalue weighted by atomic mass is 10.1. The van der Waals surface area contributed by atoms with Gasteiger partial charge in [-0.3, -0.25) is 4.79 Å². The third kappa shape index (κ3) is 4.70. The number of aryl methyl sites for hydroxylation is 1. The summed E-state index contributed by atoms with van der Waals surface area (Å²) in [4.78, 5) is 25.1. The molecule has 0 saturated carbocycles. The average molecular weight is 386 g/mol. The third-order valence-electron chi connectivity index (χ3n) is 3.38. The molecular formula is C17H17ClFNO4S. The Morgan fingerprint density at radius 1 is 1.32 bits per heavy atom. The first-order valence-electron chi connectivity index (χ1n) is 7.48. The quantitative estimate of drug-likeness (QED) is 0.751. The number of carbonyl (C=O) groups excluding carboxylic acids is 2. The Labute approximate surface area is 153 Å². The largest absolute Gasteiger partial charge is 0.484 e. The van der Waals surface area contributed by atoms with Gasteiger partial charge in [0.05, 0.1) is 17.2 Å². The van der Waals surface area contributed by atoms with Crippen LogP contribution in [0.3, 0.4) is 0 Å². The number of halogens is 2. The second-order valence-electron chi connectivity index (χ2n) is 5.12. The predicted octanol–water partition coefficient (Wildman–Crippen LogP) is 4.35. The molecule has 0 unspecified atom stereocenters. The lowest BCUT2D eigenvalue weighted by Crippen LogP contribution is -2.21. The highest BCUT2D eigenvalue weighted by molar-refractivity contribution is 7.16. The highest BCUT2D eigenvalue weighted by atomic mass is 35.5. The van der Waals surface area contributed by atoms with Crippen molar-refractivity contribution < 1.29 is 23.5 Å². The second kappa shape index (κ2) is 8.31.